The van der Waals surface area contributed by atoms with Crippen LogP contribution in [0.15, 0.2) is 35.2 Å². The SMILES string of the molecule is CC1CN(S(=O)(=O)c2ccccc2)C(C(C)C)CN1. The first-order valence-corrected chi connectivity index (χ1v) is 8.17. The van der Waals surface area contributed by atoms with E-state index in [0.717, 1.165) is 0 Å². The molecule has 1 aliphatic heterocycles. The fourth-order valence-electron chi connectivity index (χ4n) is 2.47. The van der Waals surface area contributed by atoms with Gasteiger partial charge in [0.25, 0.3) is 0 Å². The van der Waals surface area contributed by atoms with Gasteiger partial charge in [-0.15, -0.1) is 0 Å². The lowest BCUT2D eigenvalue weighted by molar-refractivity contribution is 0.189. The molecule has 1 aromatic rings. The first-order valence-electron chi connectivity index (χ1n) is 6.73. The number of benzene rings is 1. The largest absolute Gasteiger partial charge is 0.311 e. The Labute approximate surface area is 115 Å². The molecule has 19 heavy (non-hydrogen) atoms. The Hall–Kier alpha value is -0.910. The molecule has 0 spiro atoms. The molecule has 1 N–H and O–H groups in total. The number of sulfonamides is 1. The summed E-state index contributed by atoms with van der Waals surface area (Å²) in [6, 6.07) is 8.90. The molecular formula is C14H22N2O2S. The number of piperazine rings is 1. The van der Waals surface area contributed by atoms with Crippen LogP contribution in [0.4, 0.5) is 0 Å². The van der Waals surface area contributed by atoms with Crippen molar-refractivity contribution < 1.29 is 8.42 Å². The minimum atomic E-state index is -3.40. The molecule has 2 atom stereocenters. The molecule has 1 aliphatic rings. The van der Waals surface area contributed by atoms with Crippen LogP contribution < -0.4 is 5.32 Å². The highest BCUT2D eigenvalue weighted by atomic mass is 32.2. The van der Waals surface area contributed by atoms with Gasteiger partial charge in [-0.05, 0) is 25.0 Å². The van der Waals surface area contributed by atoms with E-state index in [1.807, 2.05) is 13.0 Å². The van der Waals surface area contributed by atoms with Gasteiger partial charge in [0.1, 0.15) is 0 Å². The second-order valence-electron chi connectivity index (χ2n) is 5.51. The number of nitrogens with one attached hydrogen (secondary N) is 1. The lowest BCUT2D eigenvalue weighted by atomic mass is 10.0. The summed E-state index contributed by atoms with van der Waals surface area (Å²) in [7, 11) is -3.40. The van der Waals surface area contributed by atoms with E-state index in [-0.39, 0.29) is 12.1 Å². The first-order chi connectivity index (χ1) is 8.93. The molecule has 1 heterocycles. The molecule has 0 amide bonds. The molecule has 106 valence electrons. The van der Waals surface area contributed by atoms with Crippen LogP contribution in [0.5, 0.6) is 0 Å². The first kappa shape index (κ1) is 14.5. The Bertz CT molecular complexity index is 514. The van der Waals surface area contributed by atoms with E-state index in [4.69, 9.17) is 0 Å². The molecule has 5 heteroatoms. The van der Waals surface area contributed by atoms with Gasteiger partial charge in [-0.3, -0.25) is 0 Å². The Morgan fingerprint density at radius 3 is 2.47 bits per heavy atom. The zero-order valence-electron chi connectivity index (χ0n) is 11.7. The summed E-state index contributed by atoms with van der Waals surface area (Å²) < 4.78 is 27.2. The Balaban J connectivity index is 2.36. The summed E-state index contributed by atoms with van der Waals surface area (Å²) in [4.78, 5) is 0.384. The normalized spacial score (nSPS) is 25.7. The van der Waals surface area contributed by atoms with Gasteiger partial charge in [-0.25, -0.2) is 8.42 Å². The monoisotopic (exact) mass is 282 g/mol. The second kappa shape index (κ2) is 5.61. The highest BCUT2D eigenvalue weighted by Crippen LogP contribution is 2.24. The van der Waals surface area contributed by atoms with Gasteiger partial charge in [-0.1, -0.05) is 32.0 Å². The standard InChI is InChI=1S/C14H22N2O2S/c1-11(2)14-9-15-12(3)10-16(14)19(17,18)13-7-5-4-6-8-13/h4-8,11-12,14-15H,9-10H2,1-3H3. The topological polar surface area (TPSA) is 49.4 Å². The van der Waals surface area contributed by atoms with Gasteiger partial charge in [0.15, 0.2) is 0 Å². The molecule has 0 aromatic heterocycles. The van der Waals surface area contributed by atoms with Crippen LogP contribution in [0.3, 0.4) is 0 Å². The van der Waals surface area contributed by atoms with Crippen molar-refractivity contribution in [3.05, 3.63) is 30.3 Å². The third-order valence-corrected chi connectivity index (χ3v) is 5.52. The molecule has 2 rings (SSSR count). The number of nitrogens with zero attached hydrogens (tertiary/aromatic N) is 1. The zero-order chi connectivity index (χ0) is 14.0. The van der Waals surface area contributed by atoms with Crippen molar-refractivity contribution in [3.63, 3.8) is 0 Å². The molecule has 0 saturated carbocycles. The average molecular weight is 282 g/mol. The molecule has 1 aromatic carbocycles. The van der Waals surface area contributed by atoms with Gasteiger partial charge in [0.05, 0.1) is 4.90 Å². The van der Waals surface area contributed by atoms with Crippen LogP contribution in [-0.4, -0.2) is 37.9 Å². The van der Waals surface area contributed by atoms with Gasteiger partial charge in [0, 0.05) is 25.2 Å². The summed E-state index contributed by atoms with van der Waals surface area (Å²) in [5.41, 5.74) is 0. The Morgan fingerprint density at radius 2 is 1.89 bits per heavy atom. The van der Waals surface area contributed by atoms with E-state index in [1.165, 1.54) is 0 Å². The molecule has 0 radical (unpaired) electrons. The maximum Gasteiger partial charge on any atom is 0.243 e. The number of hydrogen-bond donors (Lipinski definition) is 1. The minimum absolute atomic E-state index is 0.0152. The van der Waals surface area contributed by atoms with Gasteiger partial charge < -0.3 is 5.32 Å². The predicted molar refractivity (Wildman–Crippen MR) is 76.4 cm³/mol. The van der Waals surface area contributed by atoms with Crippen molar-refractivity contribution in [3.8, 4) is 0 Å². The second-order valence-corrected chi connectivity index (χ2v) is 7.40. The summed E-state index contributed by atoms with van der Waals surface area (Å²) in [6.45, 7) is 7.39. The van der Waals surface area contributed by atoms with Crippen LogP contribution in [0.2, 0.25) is 0 Å². The maximum atomic E-state index is 12.7. The average Bonchev–Trinajstić information content (AvgIpc) is 2.39. The van der Waals surface area contributed by atoms with Crippen LogP contribution in [0.25, 0.3) is 0 Å². The number of rotatable bonds is 3. The summed E-state index contributed by atoms with van der Waals surface area (Å²) in [5, 5.41) is 3.36. The van der Waals surface area contributed by atoms with E-state index in [9.17, 15) is 8.42 Å². The van der Waals surface area contributed by atoms with Gasteiger partial charge in [0.2, 0.25) is 10.0 Å². The maximum absolute atomic E-state index is 12.7. The van der Waals surface area contributed by atoms with Crippen LogP contribution >= 0.6 is 0 Å². The third kappa shape index (κ3) is 2.99. The summed E-state index contributed by atoms with van der Waals surface area (Å²) in [5.74, 6) is 0.290. The van der Waals surface area contributed by atoms with Crippen molar-refractivity contribution in [2.24, 2.45) is 5.92 Å². The lowest BCUT2D eigenvalue weighted by Gasteiger charge is -2.40. The number of hydrogen-bond acceptors (Lipinski definition) is 3. The smallest absolute Gasteiger partial charge is 0.243 e. The van der Waals surface area contributed by atoms with E-state index < -0.39 is 10.0 Å². The molecule has 2 unspecified atom stereocenters. The minimum Gasteiger partial charge on any atom is -0.311 e. The quantitative estimate of drug-likeness (QED) is 0.918. The molecular weight excluding hydrogens is 260 g/mol. The molecule has 4 nitrogen and oxygen atoms in total. The van der Waals surface area contributed by atoms with Crippen LogP contribution in [0, 0.1) is 5.92 Å². The van der Waals surface area contributed by atoms with E-state index in [2.05, 4.69) is 19.2 Å². The zero-order valence-corrected chi connectivity index (χ0v) is 12.5. The molecule has 1 fully saturated rings. The van der Waals surface area contributed by atoms with E-state index >= 15 is 0 Å². The van der Waals surface area contributed by atoms with E-state index in [1.54, 1.807) is 28.6 Å². The summed E-state index contributed by atoms with van der Waals surface area (Å²) >= 11 is 0. The Morgan fingerprint density at radius 1 is 1.26 bits per heavy atom. The van der Waals surface area contributed by atoms with E-state index in [0.29, 0.717) is 23.9 Å². The highest BCUT2D eigenvalue weighted by Gasteiger charge is 2.36. The van der Waals surface area contributed by atoms with Crippen molar-refractivity contribution in [2.45, 2.75) is 37.8 Å². The predicted octanol–water partition coefficient (Wildman–Crippen LogP) is 1.69. The highest BCUT2D eigenvalue weighted by molar-refractivity contribution is 7.89. The van der Waals surface area contributed by atoms with Crippen LogP contribution in [-0.2, 0) is 10.0 Å². The third-order valence-electron chi connectivity index (χ3n) is 3.62. The van der Waals surface area contributed by atoms with Gasteiger partial charge in [-0.2, -0.15) is 4.31 Å². The van der Waals surface area contributed by atoms with Crippen LogP contribution in [0.1, 0.15) is 20.8 Å². The van der Waals surface area contributed by atoms with Crippen molar-refractivity contribution in [1.82, 2.24) is 9.62 Å². The summed E-state index contributed by atoms with van der Waals surface area (Å²) in [6.07, 6.45) is 0. The Kier molecular flexibility index (Phi) is 4.28. The molecule has 0 aliphatic carbocycles. The molecule has 1 saturated heterocycles. The fourth-order valence-corrected chi connectivity index (χ4v) is 4.33. The van der Waals surface area contributed by atoms with Crippen molar-refractivity contribution in [2.75, 3.05) is 13.1 Å². The van der Waals surface area contributed by atoms with Crippen molar-refractivity contribution in [1.29, 1.82) is 0 Å². The molecule has 0 bridgehead atoms. The van der Waals surface area contributed by atoms with Crippen molar-refractivity contribution >= 4 is 10.0 Å². The fraction of sp³-hybridized carbons (Fsp3) is 0.571. The van der Waals surface area contributed by atoms with Gasteiger partial charge >= 0.3 is 0 Å². The lowest BCUT2D eigenvalue weighted by Crippen LogP contribution is -2.58.